The summed E-state index contributed by atoms with van der Waals surface area (Å²) in [5.74, 6) is 0.216. The first-order valence-corrected chi connectivity index (χ1v) is 5.07. The molecule has 0 aliphatic rings. The molecular formula is C11H10F3N3. The molecule has 1 aromatic carbocycles. The van der Waals surface area contributed by atoms with Gasteiger partial charge in [-0.1, -0.05) is 18.2 Å². The zero-order valence-corrected chi connectivity index (χ0v) is 8.83. The van der Waals surface area contributed by atoms with Gasteiger partial charge in [-0.25, -0.2) is 9.97 Å². The Labute approximate surface area is 95.7 Å². The maximum Gasteiger partial charge on any atom is 0.390 e. The maximum absolute atomic E-state index is 11.9. The number of alkyl halides is 3. The van der Waals surface area contributed by atoms with Crippen LogP contribution in [0.5, 0.6) is 0 Å². The molecule has 0 atom stereocenters. The standard InChI is InChI=1S/C11H10F3N3/c12-11(13,14)5-6-15-10-16-7-8-3-1-2-4-9(8)17-10/h1-4,7H,5-6H2,(H,15,16,17). The lowest BCUT2D eigenvalue weighted by Crippen LogP contribution is -2.15. The van der Waals surface area contributed by atoms with E-state index in [1.807, 2.05) is 18.2 Å². The minimum absolute atomic E-state index is 0.216. The van der Waals surface area contributed by atoms with E-state index in [4.69, 9.17) is 0 Å². The number of nitrogens with one attached hydrogen (secondary N) is 1. The summed E-state index contributed by atoms with van der Waals surface area (Å²) in [4.78, 5) is 8.04. The second-order valence-electron chi connectivity index (χ2n) is 3.54. The number of aromatic nitrogens is 2. The summed E-state index contributed by atoms with van der Waals surface area (Å²) in [7, 11) is 0. The third kappa shape index (κ3) is 3.30. The molecule has 0 bridgehead atoms. The van der Waals surface area contributed by atoms with Crippen LogP contribution in [0.25, 0.3) is 10.9 Å². The van der Waals surface area contributed by atoms with Gasteiger partial charge in [0, 0.05) is 18.1 Å². The van der Waals surface area contributed by atoms with Gasteiger partial charge in [0.05, 0.1) is 11.9 Å². The molecule has 1 aromatic heterocycles. The molecule has 3 nitrogen and oxygen atoms in total. The van der Waals surface area contributed by atoms with Crippen molar-refractivity contribution >= 4 is 16.9 Å². The Balaban J connectivity index is 2.04. The fourth-order valence-electron chi connectivity index (χ4n) is 1.37. The van der Waals surface area contributed by atoms with E-state index in [9.17, 15) is 13.2 Å². The predicted molar refractivity (Wildman–Crippen MR) is 58.7 cm³/mol. The first-order valence-electron chi connectivity index (χ1n) is 5.07. The zero-order valence-electron chi connectivity index (χ0n) is 8.83. The van der Waals surface area contributed by atoms with Crippen molar-refractivity contribution in [3.63, 3.8) is 0 Å². The van der Waals surface area contributed by atoms with Gasteiger partial charge in [0.1, 0.15) is 0 Å². The summed E-state index contributed by atoms with van der Waals surface area (Å²) in [5.41, 5.74) is 0.706. The number of fused-ring (bicyclic) bond motifs is 1. The van der Waals surface area contributed by atoms with Crippen LogP contribution >= 0.6 is 0 Å². The average molecular weight is 241 g/mol. The summed E-state index contributed by atoms with van der Waals surface area (Å²) >= 11 is 0. The molecule has 2 aromatic rings. The third-order valence-corrected chi connectivity index (χ3v) is 2.18. The first kappa shape index (κ1) is 11.6. The SMILES string of the molecule is FC(F)(F)CCNc1ncc2ccccc2n1. The van der Waals surface area contributed by atoms with Crippen LogP contribution in [-0.2, 0) is 0 Å². The highest BCUT2D eigenvalue weighted by Crippen LogP contribution is 2.19. The highest BCUT2D eigenvalue weighted by atomic mass is 19.4. The summed E-state index contributed by atoms with van der Waals surface area (Å²) in [6, 6.07) is 7.29. The zero-order chi connectivity index (χ0) is 12.3. The van der Waals surface area contributed by atoms with Gasteiger partial charge < -0.3 is 5.32 Å². The lowest BCUT2D eigenvalue weighted by atomic mass is 10.2. The predicted octanol–water partition coefficient (Wildman–Crippen LogP) is 2.99. The van der Waals surface area contributed by atoms with Crippen LogP contribution in [0.1, 0.15) is 6.42 Å². The number of rotatable bonds is 3. The number of halogens is 3. The fourth-order valence-corrected chi connectivity index (χ4v) is 1.37. The number of nitrogens with zero attached hydrogens (tertiary/aromatic N) is 2. The molecule has 17 heavy (non-hydrogen) atoms. The van der Waals surface area contributed by atoms with E-state index in [1.54, 1.807) is 12.3 Å². The number of benzene rings is 1. The summed E-state index contributed by atoms with van der Waals surface area (Å²) < 4.78 is 35.8. The molecule has 1 N–H and O–H groups in total. The molecule has 1 heterocycles. The lowest BCUT2D eigenvalue weighted by molar-refractivity contribution is -0.131. The van der Waals surface area contributed by atoms with Crippen molar-refractivity contribution in [1.82, 2.24) is 9.97 Å². The summed E-state index contributed by atoms with van der Waals surface area (Å²) in [5, 5.41) is 3.41. The minimum atomic E-state index is -4.16. The van der Waals surface area contributed by atoms with E-state index in [2.05, 4.69) is 15.3 Å². The lowest BCUT2D eigenvalue weighted by Gasteiger charge is -2.07. The van der Waals surface area contributed by atoms with Crippen LogP contribution < -0.4 is 5.32 Å². The smallest absolute Gasteiger partial charge is 0.354 e. The Morgan fingerprint density at radius 1 is 1.18 bits per heavy atom. The highest BCUT2D eigenvalue weighted by Gasteiger charge is 2.26. The number of para-hydroxylation sites is 1. The van der Waals surface area contributed by atoms with Gasteiger partial charge in [0.25, 0.3) is 0 Å². The Kier molecular flexibility index (Phi) is 3.12. The van der Waals surface area contributed by atoms with E-state index >= 15 is 0 Å². The van der Waals surface area contributed by atoms with Gasteiger partial charge >= 0.3 is 6.18 Å². The molecule has 90 valence electrons. The van der Waals surface area contributed by atoms with E-state index in [0.29, 0.717) is 5.52 Å². The normalized spacial score (nSPS) is 11.7. The molecule has 0 spiro atoms. The van der Waals surface area contributed by atoms with Crippen molar-refractivity contribution in [3.8, 4) is 0 Å². The second-order valence-corrected chi connectivity index (χ2v) is 3.54. The Morgan fingerprint density at radius 3 is 2.71 bits per heavy atom. The van der Waals surface area contributed by atoms with Crippen LogP contribution in [0.2, 0.25) is 0 Å². The van der Waals surface area contributed by atoms with Crippen molar-refractivity contribution in [1.29, 1.82) is 0 Å². The molecule has 0 fully saturated rings. The monoisotopic (exact) mass is 241 g/mol. The van der Waals surface area contributed by atoms with Gasteiger partial charge in [-0.2, -0.15) is 13.2 Å². The van der Waals surface area contributed by atoms with E-state index in [-0.39, 0.29) is 12.5 Å². The van der Waals surface area contributed by atoms with Crippen LogP contribution in [0.3, 0.4) is 0 Å². The summed E-state index contributed by atoms with van der Waals surface area (Å²) in [6.45, 7) is -0.220. The number of anilines is 1. The van der Waals surface area contributed by atoms with Crippen molar-refractivity contribution in [2.24, 2.45) is 0 Å². The van der Waals surface area contributed by atoms with Crippen LogP contribution in [-0.4, -0.2) is 22.7 Å². The Bertz CT molecular complexity index is 511. The van der Waals surface area contributed by atoms with Crippen LogP contribution in [0, 0.1) is 0 Å². The molecule has 0 aliphatic carbocycles. The highest BCUT2D eigenvalue weighted by molar-refractivity contribution is 5.78. The molecule has 0 radical (unpaired) electrons. The van der Waals surface area contributed by atoms with Gasteiger partial charge in [-0.3, -0.25) is 0 Å². The third-order valence-electron chi connectivity index (χ3n) is 2.18. The van der Waals surface area contributed by atoms with Crippen LogP contribution in [0.15, 0.2) is 30.5 Å². The van der Waals surface area contributed by atoms with Gasteiger partial charge in [-0.15, -0.1) is 0 Å². The quantitative estimate of drug-likeness (QED) is 0.897. The van der Waals surface area contributed by atoms with E-state index in [1.165, 1.54) is 0 Å². The molecule has 0 aliphatic heterocycles. The second kappa shape index (κ2) is 4.57. The molecule has 0 saturated heterocycles. The molecule has 6 heteroatoms. The summed E-state index contributed by atoms with van der Waals surface area (Å²) in [6.07, 6.45) is -3.48. The molecule has 0 unspecified atom stereocenters. The topological polar surface area (TPSA) is 37.8 Å². The van der Waals surface area contributed by atoms with Crippen LogP contribution in [0.4, 0.5) is 19.1 Å². The number of hydrogen-bond acceptors (Lipinski definition) is 3. The van der Waals surface area contributed by atoms with Gasteiger partial charge in [-0.05, 0) is 6.07 Å². The number of hydrogen-bond donors (Lipinski definition) is 1. The van der Waals surface area contributed by atoms with Crippen molar-refractivity contribution in [3.05, 3.63) is 30.5 Å². The fraction of sp³-hybridized carbons (Fsp3) is 0.273. The van der Waals surface area contributed by atoms with Crippen molar-refractivity contribution in [2.45, 2.75) is 12.6 Å². The van der Waals surface area contributed by atoms with Crippen molar-refractivity contribution in [2.75, 3.05) is 11.9 Å². The van der Waals surface area contributed by atoms with E-state index < -0.39 is 12.6 Å². The molecule has 2 rings (SSSR count). The Morgan fingerprint density at radius 2 is 1.94 bits per heavy atom. The van der Waals surface area contributed by atoms with Crippen molar-refractivity contribution < 1.29 is 13.2 Å². The van der Waals surface area contributed by atoms with E-state index in [0.717, 1.165) is 5.39 Å². The maximum atomic E-state index is 11.9. The molecule has 0 amide bonds. The molecule has 0 saturated carbocycles. The van der Waals surface area contributed by atoms with Gasteiger partial charge in [0.15, 0.2) is 0 Å². The van der Waals surface area contributed by atoms with Gasteiger partial charge in [0.2, 0.25) is 5.95 Å². The largest absolute Gasteiger partial charge is 0.390 e. The Hall–Kier alpha value is -1.85. The average Bonchev–Trinajstić information content (AvgIpc) is 2.27. The first-order chi connectivity index (χ1) is 8.04. The minimum Gasteiger partial charge on any atom is -0.354 e. The molecular weight excluding hydrogens is 231 g/mol.